The lowest BCUT2D eigenvalue weighted by Gasteiger charge is -2.40. The molecule has 0 aliphatic carbocycles. The van der Waals surface area contributed by atoms with E-state index < -0.39 is 12.0 Å². The molecular weight excluding hydrogens is 457 g/mol. The molecule has 0 N–H and O–H groups in total. The van der Waals surface area contributed by atoms with Gasteiger partial charge in [0, 0.05) is 32.2 Å². The third-order valence-electron chi connectivity index (χ3n) is 4.19. The van der Waals surface area contributed by atoms with Crippen LogP contribution in [0.4, 0.5) is 18.0 Å². The van der Waals surface area contributed by atoms with Gasteiger partial charge < -0.3 is 19.1 Å². The number of amides is 1. The van der Waals surface area contributed by atoms with Gasteiger partial charge >= 0.3 is 12.5 Å². The smallest absolute Gasteiger partial charge is 0.491 e. The Hall–Kier alpha value is -1.68. The zero-order chi connectivity index (χ0) is 21.8. The molecule has 1 heterocycles. The summed E-state index contributed by atoms with van der Waals surface area (Å²) in [6, 6.07) is 3.97. The maximum Gasteiger partial charge on any atom is 0.573 e. The van der Waals surface area contributed by atoms with Crippen molar-refractivity contribution >= 4 is 22.0 Å². The molecule has 29 heavy (non-hydrogen) atoms. The molecule has 164 valence electrons. The summed E-state index contributed by atoms with van der Waals surface area (Å²) in [5, 5.41) is 0. The maximum atomic E-state index is 12.3. The van der Waals surface area contributed by atoms with Crippen molar-refractivity contribution in [3.63, 3.8) is 0 Å². The van der Waals surface area contributed by atoms with Crippen molar-refractivity contribution in [3.05, 3.63) is 22.7 Å². The summed E-state index contributed by atoms with van der Waals surface area (Å²) >= 11 is 3.20. The van der Waals surface area contributed by atoms with Crippen molar-refractivity contribution in [2.45, 2.75) is 45.7 Å². The van der Waals surface area contributed by atoms with Gasteiger partial charge in [0.1, 0.15) is 23.7 Å². The third-order valence-corrected chi connectivity index (χ3v) is 4.81. The molecule has 1 aliphatic rings. The predicted molar refractivity (Wildman–Crippen MR) is 105 cm³/mol. The Balaban J connectivity index is 1.80. The molecule has 6 nitrogen and oxygen atoms in total. The minimum absolute atomic E-state index is 0.130. The average Bonchev–Trinajstić information content (AvgIpc) is 2.55. The number of hydrogen-bond donors (Lipinski definition) is 0. The fourth-order valence-corrected chi connectivity index (χ4v) is 3.36. The summed E-state index contributed by atoms with van der Waals surface area (Å²) in [7, 11) is 0. The summed E-state index contributed by atoms with van der Waals surface area (Å²) in [6.07, 6.45) is -5.05. The van der Waals surface area contributed by atoms with Gasteiger partial charge in [0.2, 0.25) is 0 Å². The summed E-state index contributed by atoms with van der Waals surface area (Å²) < 4.78 is 52.2. The lowest BCUT2D eigenvalue weighted by molar-refractivity contribution is -0.274. The van der Waals surface area contributed by atoms with E-state index in [4.69, 9.17) is 9.47 Å². The third kappa shape index (κ3) is 7.93. The molecule has 0 saturated carbocycles. The van der Waals surface area contributed by atoms with E-state index >= 15 is 0 Å². The molecule has 0 radical (unpaired) electrons. The zero-order valence-corrected chi connectivity index (χ0v) is 18.5. The van der Waals surface area contributed by atoms with Gasteiger partial charge in [-0.25, -0.2) is 4.79 Å². The number of carbonyl (C=O) groups excluding carboxylic acids is 1. The van der Waals surface area contributed by atoms with E-state index in [-0.39, 0.29) is 17.9 Å². The lowest BCUT2D eigenvalue weighted by Crippen LogP contribution is -2.55. The fraction of sp³-hybridized carbons (Fsp3) is 0.632. The number of halogens is 4. The van der Waals surface area contributed by atoms with Gasteiger partial charge in [0.15, 0.2) is 0 Å². The first-order chi connectivity index (χ1) is 13.3. The lowest BCUT2D eigenvalue weighted by atomic mass is 10.2. The van der Waals surface area contributed by atoms with Crippen LogP contribution in [0, 0.1) is 0 Å². The monoisotopic (exact) mass is 482 g/mol. The van der Waals surface area contributed by atoms with Crippen molar-refractivity contribution in [2.75, 3.05) is 32.8 Å². The molecular formula is C19H26BrF3N2O4. The van der Waals surface area contributed by atoms with E-state index in [1.807, 2.05) is 27.7 Å². The van der Waals surface area contributed by atoms with Crippen molar-refractivity contribution in [3.8, 4) is 11.5 Å². The second-order valence-corrected chi connectivity index (χ2v) is 8.65. The number of nitrogens with zero attached hydrogens (tertiary/aromatic N) is 2. The van der Waals surface area contributed by atoms with Crippen LogP contribution in [0.25, 0.3) is 0 Å². The molecule has 10 heteroatoms. The quantitative estimate of drug-likeness (QED) is 0.610. The summed E-state index contributed by atoms with van der Waals surface area (Å²) in [4.78, 5) is 16.1. The highest BCUT2D eigenvalue weighted by Gasteiger charge is 2.31. The summed E-state index contributed by atoms with van der Waals surface area (Å²) in [6.45, 7) is 10.3. The topological polar surface area (TPSA) is 51.2 Å². The Labute approximate surface area is 177 Å². The van der Waals surface area contributed by atoms with E-state index in [2.05, 4.69) is 25.6 Å². The first kappa shape index (κ1) is 23.6. The Morgan fingerprint density at radius 1 is 1.24 bits per heavy atom. The minimum Gasteiger partial charge on any atom is -0.491 e. The van der Waals surface area contributed by atoms with Gasteiger partial charge in [-0.3, -0.25) is 4.90 Å². The Morgan fingerprint density at radius 3 is 2.48 bits per heavy atom. The molecule has 0 unspecified atom stereocenters. The normalized spacial score (nSPS) is 18.5. The molecule has 1 aromatic carbocycles. The standard InChI is InChI=1S/C19H26BrF3N2O4/c1-13-12-25(17(26)29-18(2,3)4)8-7-24(13)9-10-27-16-6-5-14(11-15(16)20)28-19(21,22)23/h5-6,11,13H,7-10,12H2,1-4H3/t13-/m0/s1. The Kier molecular flexibility index (Phi) is 7.67. The molecule has 1 fully saturated rings. The van der Waals surface area contributed by atoms with Crippen molar-refractivity contribution < 1.29 is 32.2 Å². The SMILES string of the molecule is C[C@H]1CN(C(=O)OC(C)(C)C)CCN1CCOc1ccc(OC(F)(F)F)cc1Br. The van der Waals surface area contributed by atoms with Crippen LogP contribution in [-0.2, 0) is 4.74 Å². The number of rotatable bonds is 5. The Bertz CT molecular complexity index is 710. The van der Waals surface area contributed by atoms with Gasteiger partial charge in [-0.2, -0.15) is 0 Å². The number of carbonyl (C=O) groups is 1. The first-order valence-corrected chi connectivity index (χ1v) is 10.0. The molecule has 1 aliphatic heterocycles. The van der Waals surface area contributed by atoms with Crippen LogP contribution in [0.5, 0.6) is 11.5 Å². The molecule has 1 atom stereocenters. The van der Waals surface area contributed by atoms with Crippen molar-refractivity contribution in [2.24, 2.45) is 0 Å². The number of ether oxygens (including phenoxy) is 3. The molecule has 1 aromatic rings. The zero-order valence-electron chi connectivity index (χ0n) is 16.9. The molecule has 2 rings (SSSR count). The van der Waals surface area contributed by atoms with Crippen LogP contribution in [0.15, 0.2) is 22.7 Å². The highest BCUT2D eigenvalue weighted by atomic mass is 79.9. The fourth-order valence-electron chi connectivity index (χ4n) is 2.89. The molecule has 0 aromatic heterocycles. The summed E-state index contributed by atoms with van der Waals surface area (Å²) in [5.74, 6) is 0.114. The van der Waals surface area contributed by atoms with Crippen LogP contribution < -0.4 is 9.47 Å². The van der Waals surface area contributed by atoms with Crippen molar-refractivity contribution in [1.82, 2.24) is 9.80 Å². The van der Waals surface area contributed by atoms with E-state index in [9.17, 15) is 18.0 Å². The van der Waals surface area contributed by atoms with Crippen LogP contribution in [0.3, 0.4) is 0 Å². The summed E-state index contributed by atoms with van der Waals surface area (Å²) in [5.41, 5.74) is -0.528. The molecule has 1 amide bonds. The van der Waals surface area contributed by atoms with E-state index in [1.54, 1.807) is 4.90 Å². The predicted octanol–water partition coefficient (Wildman–Crippen LogP) is 4.67. The molecule has 0 bridgehead atoms. The first-order valence-electron chi connectivity index (χ1n) is 9.24. The van der Waals surface area contributed by atoms with Crippen LogP contribution in [-0.4, -0.2) is 66.7 Å². The van der Waals surface area contributed by atoms with Gasteiger partial charge in [0.05, 0.1) is 4.47 Å². The van der Waals surface area contributed by atoms with Crippen molar-refractivity contribution in [1.29, 1.82) is 0 Å². The van der Waals surface area contributed by atoms with Crippen LogP contribution in [0.1, 0.15) is 27.7 Å². The minimum atomic E-state index is -4.74. The molecule has 0 spiro atoms. The van der Waals surface area contributed by atoms with Gasteiger partial charge in [-0.1, -0.05) is 0 Å². The van der Waals surface area contributed by atoms with E-state index in [0.29, 0.717) is 43.0 Å². The maximum absolute atomic E-state index is 12.3. The second-order valence-electron chi connectivity index (χ2n) is 7.80. The highest BCUT2D eigenvalue weighted by molar-refractivity contribution is 9.10. The van der Waals surface area contributed by atoms with Gasteiger partial charge in [-0.05, 0) is 61.8 Å². The Morgan fingerprint density at radius 2 is 1.93 bits per heavy atom. The van der Waals surface area contributed by atoms with Gasteiger partial charge in [-0.15, -0.1) is 13.2 Å². The van der Waals surface area contributed by atoms with Crippen LogP contribution >= 0.6 is 15.9 Å². The van der Waals surface area contributed by atoms with E-state index in [0.717, 1.165) is 0 Å². The highest BCUT2D eigenvalue weighted by Crippen LogP contribution is 2.32. The number of alkyl halides is 3. The number of piperazine rings is 1. The van der Waals surface area contributed by atoms with E-state index in [1.165, 1.54) is 18.2 Å². The van der Waals surface area contributed by atoms with Crippen LogP contribution in [0.2, 0.25) is 0 Å². The largest absolute Gasteiger partial charge is 0.573 e. The second kappa shape index (κ2) is 9.42. The number of hydrogen-bond acceptors (Lipinski definition) is 5. The number of benzene rings is 1. The van der Waals surface area contributed by atoms with Gasteiger partial charge in [0.25, 0.3) is 0 Å². The average molecular weight is 483 g/mol. The molecule has 1 saturated heterocycles.